The van der Waals surface area contributed by atoms with E-state index in [4.69, 9.17) is 19.4 Å². The van der Waals surface area contributed by atoms with Crippen LogP contribution in [0, 0.1) is 11.8 Å². The van der Waals surface area contributed by atoms with Crippen molar-refractivity contribution >= 4 is 35.5 Å². The zero-order valence-electron chi connectivity index (χ0n) is 41.2. The number of imidazole rings is 2. The lowest BCUT2D eigenvalue weighted by molar-refractivity contribution is -0.137. The van der Waals surface area contributed by atoms with Gasteiger partial charge in [-0.1, -0.05) is 62.7 Å². The van der Waals surface area contributed by atoms with Gasteiger partial charge in [0.2, 0.25) is 12.3 Å². The van der Waals surface area contributed by atoms with Crippen molar-refractivity contribution in [1.29, 1.82) is 0 Å². The van der Waals surface area contributed by atoms with Crippen LogP contribution in [0.3, 0.4) is 0 Å². The first kappa shape index (κ1) is 47.8. The average molecular weight is 941 g/mol. The molecular formula is C54H68N8O7. The number of benzene rings is 3. The van der Waals surface area contributed by atoms with Gasteiger partial charge in [-0.25, -0.2) is 19.6 Å². The Kier molecular flexibility index (Phi) is 13.9. The van der Waals surface area contributed by atoms with Crippen molar-refractivity contribution in [2.75, 3.05) is 21.3 Å². The van der Waals surface area contributed by atoms with Gasteiger partial charge in [0.1, 0.15) is 17.7 Å². The fraction of sp³-hybridized carbons (Fsp3) is 0.519. The zero-order chi connectivity index (χ0) is 48.7. The van der Waals surface area contributed by atoms with Gasteiger partial charge in [-0.05, 0) is 147 Å². The molecule has 5 aromatic rings. The number of alkyl carbamates (subject to hydrolysis) is 2. The Morgan fingerprint density at radius 2 is 1.42 bits per heavy atom. The lowest BCUT2D eigenvalue weighted by atomic mass is 9.81. The first-order valence-corrected chi connectivity index (χ1v) is 24.9. The molecule has 15 heteroatoms. The van der Waals surface area contributed by atoms with E-state index in [1.54, 1.807) is 7.11 Å². The van der Waals surface area contributed by atoms with E-state index in [9.17, 15) is 19.2 Å². The van der Waals surface area contributed by atoms with E-state index < -0.39 is 18.2 Å². The molecule has 69 heavy (non-hydrogen) atoms. The maximum Gasteiger partial charge on any atom is 0.407 e. The number of ether oxygens (including phenoxy) is 3. The monoisotopic (exact) mass is 941 g/mol. The first-order chi connectivity index (χ1) is 33.3. The highest BCUT2D eigenvalue weighted by molar-refractivity contribution is 5.88. The summed E-state index contributed by atoms with van der Waals surface area (Å²) in [7, 11) is 4.25. The Morgan fingerprint density at radius 3 is 2.09 bits per heavy atom. The van der Waals surface area contributed by atoms with Gasteiger partial charge in [-0.15, -0.1) is 0 Å². The highest BCUT2D eigenvalue weighted by atomic mass is 16.5. The fourth-order valence-electron chi connectivity index (χ4n) is 12.1. The number of methoxy groups -OCH3 is 3. The third-order valence-corrected chi connectivity index (χ3v) is 16.0. The average Bonchev–Trinajstić information content (AvgIpc) is 4.24. The Labute approximate surface area is 404 Å². The summed E-state index contributed by atoms with van der Waals surface area (Å²) in [5.74, 6) is 3.17. The number of carbonyl (C=O) groups is 4. The SMILES string of the molecule is COC(=O)NC(C(=O)N1C(C)CCC1c1nc2ccc(-c3ccc(-c4ccc(-c5cnc(C6CC7CCCC7N6C=O)[nH]5)cc4)c4c3C3CCC4C3)cc2[nH]1)C(C)C.COC(=O)NC(C)C(C)OC. The number of nitrogens with one attached hydrogen (secondary N) is 4. The fourth-order valence-corrected chi connectivity index (χ4v) is 12.1. The number of fused-ring (bicyclic) bond motifs is 7. The quantitative estimate of drug-likeness (QED) is 0.0885. The molecule has 2 saturated heterocycles. The predicted octanol–water partition coefficient (Wildman–Crippen LogP) is 9.92. The van der Waals surface area contributed by atoms with Crippen molar-refractivity contribution in [2.24, 2.45) is 11.8 Å². The summed E-state index contributed by atoms with van der Waals surface area (Å²) in [5.41, 5.74) is 12.0. The van der Waals surface area contributed by atoms with Crippen LogP contribution in [0.15, 0.2) is 60.8 Å². The third-order valence-electron chi connectivity index (χ3n) is 16.0. The molecule has 366 valence electrons. The zero-order valence-corrected chi connectivity index (χ0v) is 41.2. The minimum Gasteiger partial charge on any atom is -0.453 e. The standard InChI is InChI=1S/C47H53N7O4.C7H15NO3/c1-25(2)43(52-47(57)58-4)46(56)54-26(3)8-19-39(54)45-49-35-18-15-29(21-36(35)50-45)34-17-16-33(41-31-13-14-32(20-31)42(34)41)27-9-11-28(12-10-27)37-23-48-44(51-37)40-22-30-6-5-7-38(30)53(40)24-55;1-5(6(2)10-3)8-7(9)11-4/h9-12,15-18,21,23-26,30-32,38-40,43H,5-8,13-14,19-20,22H2,1-4H3,(H,48,51)(H,49,50)(H,52,57);5-6H,1-4H3,(H,8,9). The summed E-state index contributed by atoms with van der Waals surface area (Å²) >= 11 is 0. The van der Waals surface area contributed by atoms with E-state index in [1.165, 1.54) is 79.7 Å². The van der Waals surface area contributed by atoms with E-state index in [2.05, 4.69) is 86.9 Å². The first-order valence-electron chi connectivity index (χ1n) is 24.9. The van der Waals surface area contributed by atoms with E-state index in [0.29, 0.717) is 23.8 Å². The Balaban J connectivity index is 0.000000482. The Hall–Kier alpha value is -6.22. The number of amides is 4. The van der Waals surface area contributed by atoms with E-state index in [-0.39, 0.29) is 42.1 Å². The van der Waals surface area contributed by atoms with Gasteiger partial charge in [0, 0.05) is 19.2 Å². The van der Waals surface area contributed by atoms with Crippen LogP contribution in [0.2, 0.25) is 0 Å². The summed E-state index contributed by atoms with van der Waals surface area (Å²) in [5, 5.41) is 5.36. The van der Waals surface area contributed by atoms with Crippen molar-refractivity contribution in [3.8, 4) is 33.5 Å². The van der Waals surface area contributed by atoms with Crippen molar-refractivity contribution < 1.29 is 33.4 Å². The molecule has 10 rings (SSSR count). The van der Waals surface area contributed by atoms with Crippen LogP contribution in [0.25, 0.3) is 44.5 Å². The molecule has 4 N–H and O–H groups in total. The largest absolute Gasteiger partial charge is 0.453 e. The molecule has 0 radical (unpaired) electrons. The van der Waals surface area contributed by atoms with Crippen molar-refractivity contribution in [1.82, 2.24) is 40.4 Å². The van der Waals surface area contributed by atoms with Crippen LogP contribution in [0.1, 0.15) is 139 Å². The lowest BCUT2D eigenvalue weighted by Crippen LogP contribution is -2.52. The lowest BCUT2D eigenvalue weighted by Gasteiger charge is -2.32. The number of likely N-dealkylation sites (tertiary alicyclic amines) is 2. The summed E-state index contributed by atoms with van der Waals surface area (Å²) in [4.78, 5) is 69.7. The molecule has 3 aromatic carbocycles. The minimum absolute atomic E-state index is 0.00546. The van der Waals surface area contributed by atoms with Gasteiger partial charge in [0.15, 0.2) is 0 Å². The topological polar surface area (TPSA) is 184 Å². The van der Waals surface area contributed by atoms with Crippen molar-refractivity contribution in [3.63, 3.8) is 0 Å². The highest BCUT2D eigenvalue weighted by Gasteiger charge is 2.45. The molecule has 4 amide bonds. The maximum atomic E-state index is 14.0. The van der Waals surface area contributed by atoms with E-state index in [0.717, 1.165) is 66.0 Å². The molecule has 10 unspecified atom stereocenters. The summed E-state index contributed by atoms with van der Waals surface area (Å²) in [6.45, 7) is 9.67. The van der Waals surface area contributed by atoms with Crippen LogP contribution < -0.4 is 10.6 Å². The molecule has 2 bridgehead atoms. The molecule has 4 heterocycles. The molecular weight excluding hydrogens is 873 g/mol. The second-order valence-corrected chi connectivity index (χ2v) is 20.3. The van der Waals surface area contributed by atoms with Crippen LogP contribution in [0.5, 0.6) is 0 Å². The Bertz CT molecular complexity index is 2680. The van der Waals surface area contributed by atoms with Gasteiger partial charge in [0.25, 0.3) is 0 Å². The molecule has 15 nitrogen and oxygen atoms in total. The summed E-state index contributed by atoms with van der Waals surface area (Å²) < 4.78 is 14.2. The number of rotatable bonds is 12. The third kappa shape index (κ3) is 9.22. The van der Waals surface area contributed by atoms with E-state index in [1.807, 2.05) is 43.7 Å². The van der Waals surface area contributed by atoms with Gasteiger partial charge >= 0.3 is 12.2 Å². The molecule has 2 aliphatic heterocycles. The van der Waals surface area contributed by atoms with Gasteiger partial charge < -0.3 is 44.6 Å². The molecule has 5 aliphatic rings. The molecule has 4 fully saturated rings. The van der Waals surface area contributed by atoms with Gasteiger partial charge in [-0.2, -0.15) is 0 Å². The minimum atomic E-state index is -0.688. The van der Waals surface area contributed by atoms with Crippen molar-refractivity contribution in [2.45, 2.75) is 147 Å². The Morgan fingerprint density at radius 1 is 0.754 bits per heavy atom. The second kappa shape index (κ2) is 20.0. The van der Waals surface area contributed by atoms with Crippen LogP contribution >= 0.6 is 0 Å². The number of H-pyrrole nitrogens is 2. The number of aromatic nitrogens is 4. The van der Waals surface area contributed by atoms with Crippen LogP contribution in [-0.4, -0.2) is 106 Å². The number of carbonyl (C=O) groups excluding carboxylic acids is 4. The predicted molar refractivity (Wildman–Crippen MR) is 264 cm³/mol. The second-order valence-electron chi connectivity index (χ2n) is 20.3. The molecule has 2 aromatic heterocycles. The van der Waals surface area contributed by atoms with Gasteiger partial charge in [0.05, 0.1) is 61.4 Å². The highest BCUT2D eigenvalue weighted by Crippen LogP contribution is 2.58. The normalized spacial score (nSPS) is 24.6. The summed E-state index contributed by atoms with van der Waals surface area (Å²) in [6.07, 6.45) is 11.7. The maximum absolute atomic E-state index is 14.0. The molecule has 10 atom stereocenters. The van der Waals surface area contributed by atoms with Gasteiger partial charge in [-0.3, -0.25) is 9.59 Å². The number of aromatic amines is 2. The molecule has 0 spiro atoms. The smallest absolute Gasteiger partial charge is 0.407 e. The number of hydrogen-bond donors (Lipinski definition) is 4. The van der Waals surface area contributed by atoms with Crippen LogP contribution in [0.4, 0.5) is 9.59 Å². The van der Waals surface area contributed by atoms with E-state index >= 15 is 0 Å². The van der Waals surface area contributed by atoms with Crippen LogP contribution in [-0.2, 0) is 23.8 Å². The van der Waals surface area contributed by atoms with Crippen molar-refractivity contribution in [3.05, 3.63) is 83.6 Å². The molecule has 2 saturated carbocycles. The number of nitrogens with zero attached hydrogens (tertiary/aromatic N) is 4. The summed E-state index contributed by atoms with van der Waals surface area (Å²) in [6, 6.07) is 19.5. The molecule has 3 aliphatic carbocycles. The number of hydrogen-bond acceptors (Lipinski definition) is 9.